The second-order valence-electron chi connectivity index (χ2n) is 6.25. The largest absolute Gasteiger partial charge is 0.573 e. The summed E-state index contributed by atoms with van der Waals surface area (Å²) in [7, 11) is 0. The lowest BCUT2D eigenvalue weighted by Gasteiger charge is -2.31. The van der Waals surface area contributed by atoms with Crippen molar-refractivity contribution in [1.82, 2.24) is 9.97 Å². The van der Waals surface area contributed by atoms with Gasteiger partial charge in [-0.05, 0) is 25.0 Å². The number of phenols is 1. The van der Waals surface area contributed by atoms with Crippen molar-refractivity contribution in [2.75, 3.05) is 30.4 Å². The Kier molecular flexibility index (Phi) is 5.71. The highest BCUT2D eigenvalue weighted by atomic mass is 35.5. The van der Waals surface area contributed by atoms with Crippen LogP contribution in [0.3, 0.4) is 0 Å². The molecule has 1 aliphatic rings. The van der Waals surface area contributed by atoms with Gasteiger partial charge < -0.3 is 25.2 Å². The summed E-state index contributed by atoms with van der Waals surface area (Å²) < 4.78 is 46.9. The number of alkyl halides is 3. The van der Waals surface area contributed by atoms with Crippen molar-refractivity contribution in [3.8, 4) is 11.5 Å². The van der Waals surface area contributed by atoms with Gasteiger partial charge in [0.25, 0.3) is 0 Å². The maximum Gasteiger partial charge on any atom is 0.573 e. The smallest absolute Gasteiger partial charge is 0.504 e. The fourth-order valence-corrected chi connectivity index (χ4v) is 3.33. The van der Waals surface area contributed by atoms with E-state index in [0.29, 0.717) is 36.6 Å². The Morgan fingerprint density at radius 2 is 2.07 bits per heavy atom. The second kappa shape index (κ2) is 7.88. The minimum absolute atomic E-state index is 0.00343. The molecule has 2 aromatic rings. The SMILES string of the molecule is Cc1cc(N2CCCOCC2c2cc(O)c(OC(F)(F)F)cc2Cl)nc(N)n1. The third-order valence-corrected chi connectivity index (χ3v) is 4.48. The zero-order chi connectivity index (χ0) is 20.5. The average molecular weight is 419 g/mol. The lowest BCUT2D eigenvalue weighted by atomic mass is 10.0. The van der Waals surface area contributed by atoms with Gasteiger partial charge in [-0.1, -0.05) is 11.6 Å². The monoisotopic (exact) mass is 418 g/mol. The number of hydrogen-bond donors (Lipinski definition) is 2. The average Bonchev–Trinajstić information content (AvgIpc) is 2.81. The van der Waals surface area contributed by atoms with Crippen LogP contribution in [0.2, 0.25) is 5.02 Å². The number of nitrogens with two attached hydrogens (primary N) is 1. The van der Waals surface area contributed by atoms with Crippen LogP contribution in [0.15, 0.2) is 18.2 Å². The molecule has 0 spiro atoms. The molecule has 3 rings (SSSR count). The number of rotatable bonds is 3. The van der Waals surface area contributed by atoms with Crippen LogP contribution in [-0.2, 0) is 4.74 Å². The van der Waals surface area contributed by atoms with Crippen LogP contribution >= 0.6 is 11.6 Å². The normalized spacial score (nSPS) is 18.0. The summed E-state index contributed by atoms with van der Waals surface area (Å²) in [6.07, 6.45) is -4.26. The zero-order valence-corrected chi connectivity index (χ0v) is 15.6. The molecule has 1 aromatic carbocycles. The van der Waals surface area contributed by atoms with E-state index in [-0.39, 0.29) is 17.6 Å². The molecule has 1 aliphatic heterocycles. The van der Waals surface area contributed by atoms with Crippen molar-refractivity contribution in [2.45, 2.75) is 25.7 Å². The number of aromatic hydroxyl groups is 1. The zero-order valence-electron chi connectivity index (χ0n) is 14.8. The molecule has 1 atom stereocenters. The van der Waals surface area contributed by atoms with Crippen molar-refractivity contribution < 1.29 is 27.8 Å². The van der Waals surface area contributed by atoms with E-state index in [1.54, 1.807) is 13.0 Å². The van der Waals surface area contributed by atoms with Gasteiger partial charge in [-0.2, -0.15) is 4.98 Å². The Bertz CT molecular complexity index is 846. The van der Waals surface area contributed by atoms with Gasteiger partial charge >= 0.3 is 6.36 Å². The number of aryl methyl sites for hydroxylation is 1. The van der Waals surface area contributed by atoms with Gasteiger partial charge in [0.15, 0.2) is 11.5 Å². The van der Waals surface area contributed by atoms with Crippen LogP contribution in [0.25, 0.3) is 0 Å². The van der Waals surface area contributed by atoms with E-state index >= 15 is 0 Å². The number of hydrogen-bond acceptors (Lipinski definition) is 7. The summed E-state index contributed by atoms with van der Waals surface area (Å²) in [5.74, 6) is -0.822. The van der Waals surface area contributed by atoms with Gasteiger partial charge in [-0.15, -0.1) is 13.2 Å². The second-order valence-corrected chi connectivity index (χ2v) is 6.66. The molecular formula is C17H18ClF3N4O3. The van der Waals surface area contributed by atoms with Crippen LogP contribution in [0.1, 0.15) is 23.7 Å². The summed E-state index contributed by atoms with van der Waals surface area (Å²) >= 11 is 6.23. The van der Waals surface area contributed by atoms with Crippen LogP contribution in [0.5, 0.6) is 11.5 Å². The van der Waals surface area contributed by atoms with Crippen molar-refractivity contribution >= 4 is 23.4 Å². The van der Waals surface area contributed by atoms with Crippen LogP contribution in [0, 0.1) is 6.92 Å². The summed E-state index contributed by atoms with van der Waals surface area (Å²) in [6, 6.07) is 3.31. The van der Waals surface area contributed by atoms with Gasteiger partial charge in [-0.3, -0.25) is 0 Å². The Morgan fingerprint density at radius 1 is 1.32 bits per heavy atom. The maximum absolute atomic E-state index is 12.5. The van der Waals surface area contributed by atoms with Crippen molar-refractivity contribution in [1.29, 1.82) is 0 Å². The third kappa shape index (κ3) is 4.68. The van der Waals surface area contributed by atoms with Crippen molar-refractivity contribution in [3.05, 3.63) is 34.5 Å². The summed E-state index contributed by atoms with van der Waals surface area (Å²) in [6.45, 7) is 3.00. The Labute approximate surface area is 163 Å². The maximum atomic E-state index is 12.5. The minimum atomic E-state index is -4.95. The third-order valence-electron chi connectivity index (χ3n) is 4.15. The van der Waals surface area contributed by atoms with Gasteiger partial charge in [0.2, 0.25) is 5.95 Å². The first-order valence-corrected chi connectivity index (χ1v) is 8.75. The molecule has 1 aromatic heterocycles. The summed E-state index contributed by atoms with van der Waals surface area (Å²) in [5, 5.41) is 10.0. The molecule has 28 heavy (non-hydrogen) atoms. The topological polar surface area (TPSA) is 93.7 Å². The number of ether oxygens (including phenoxy) is 2. The first kappa shape index (κ1) is 20.3. The quantitative estimate of drug-likeness (QED) is 0.786. The number of halogens is 4. The number of benzene rings is 1. The molecule has 0 amide bonds. The molecule has 3 N–H and O–H groups in total. The molecule has 1 saturated heterocycles. The fraction of sp³-hybridized carbons (Fsp3) is 0.412. The van der Waals surface area contributed by atoms with Gasteiger partial charge in [-0.25, -0.2) is 4.98 Å². The fourth-order valence-electron chi connectivity index (χ4n) is 3.05. The van der Waals surface area contributed by atoms with E-state index in [1.807, 2.05) is 4.90 Å². The molecule has 7 nitrogen and oxygen atoms in total. The molecule has 0 radical (unpaired) electrons. The van der Waals surface area contributed by atoms with E-state index in [1.165, 1.54) is 0 Å². The lowest BCUT2D eigenvalue weighted by molar-refractivity contribution is -0.275. The number of phenolic OH excluding ortho intramolecular Hbond substituents is 1. The summed E-state index contributed by atoms with van der Waals surface area (Å²) in [4.78, 5) is 10.2. The molecule has 152 valence electrons. The van der Waals surface area contributed by atoms with Gasteiger partial charge in [0.1, 0.15) is 5.82 Å². The Balaban J connectivity index is 2.02. The number of aromatic nitrogens is 2. The van der Waals surface area contributed by atoms with Crippen LogP contribution in [0.4, 0.5) is 24.9 Å². The minimum Gasteiger partial charge on any atom is -0.504 e. The van der Waals surface area contributed by atoms with Crippen molar-refractivity contribution in [3.63, 3.8) is 0 Å². The first-order chi connectivity index (χ1) is 13.1. The van der Waals surface area contributed by atoms with E-state index in [2.05, 4.69) is 14.7 Å². The van der Waals surface area contributed by atoms with Crippen LogP contribution in [-0.4, -0.2) is 41.2 Å². The Hall–Kier alpha value is -2.46. The number of nitrogen functional groups attached to an aromatic ring is 1. The van der Waals surface area contributed by atoms with Gasteiger partial charge in [0.05, 0.1) is 12.6 Å². The molecule has 11 heteroatoms. The molecule has 0 bridgehead atoms. The summed E-state index contributed by atoms with van der Waals surface area (Å²) in [5.41, 5.74) is 6.79. The van der Waals surface area contributed by atoms with E-state index in [9.17, 15) is 18.3 Å². The highest BCUT2D eigenvalue weighted by molar-refractivity contribution is 6.31. The van der Waals surface area contributed by atoms with E-state index < -0.39 is 23.9 Å². The standard InChI is InChI=1S/C17H18ClF3N4O3/c1-9-5-15(24-16(22)23-9)25-3-2-4-27-8-12(25)10-6-13(26)14(7-11(10)18)28-17(19,20)21/h5-7,12,26H,2-4,8H2,1H3,(H2,22,23,24). The molecule has 1 unspecified atom stereocenters. The van der Waals surface area contributed by atoms with Crippen molar-refractivity contribution in [2.24, 2.45) is 0 Å². The highest BCUT2D eigenvalue weighted by Gasteiger charge is 2.34. The number of anilines is 2. The molecule has 0 aliphatic carbocycles. The van der Waals surface area contributed by atoms with E-state index in [0.717, 1.165) is 12.1 Å². The lowest BCUT2D eigenvalue weighted by Crippen LogP contribution is -2.32. The van der Waals surface area contributed by atoms with Gasteiger partial charge in [0, 0.05) is 36.0 Å². The predicted molar refractivity (Wildman–Crippen MR) is 96.5 cm³/mol. The Morgan fingerprint density at radius 3 is 2.75 bits per heavy atom. The van der Waals surface area contributed by atoms with E-state index in [4.69, 9.17) is 22.1 Å². The first-order valence-electron chi connectivity index (χ1n) is 8.38. The predicted octanol–water partition coefficient (Wildman–Crippen LogP) is 3.59. The molecular weight excluding hydrogens is 401 g/mol. The molecule has 1 fully saturated rings. The number of nitrogens with zero attached hydrogens (tertiary/aromatic N) is 3. The molecule has 0 saturated carbocycles. The van der Waals surface area contributed by atoms with Crippen LogP contribution < -0.4 is 15.4 Å². The molecule has 2 heterocycles. The highest BCUT2D eigenvalue weighted by Crippen LogP contribution is 2.40.